The van der Waals surface area contributed by atoms with Crippen molar-refractivity contribution in [3.05, 3.63) is 48.0 Å². The normalized spacial score (nSPS) is 15.7. The molecule has 1 fully saturated rings. The van der Waals surface area contributed by atoms with E-state index in [2.05, 4.69) is 40.2 Å². The predicted molar refractivity (Wildman–Crippen MR) is 110 cm³/mol. The molecule has 5 heteroatoms. The first-order chi connectivity index (χ1) is 13.3. The van der Waals surface area contributed by atoms with Crippen LogP contribution in [-0.2, 0) is 6.42 Å². The molecule has 1 saturated carbocycles. The number of para-hydroxylation sites is 1. The zero-order valence-electron chi connectivity index (χ0n) is 16.0. The molecule has 0 unspecified atom stereocenters. The van der Waals surface area contributed by atoms with Crippen molar-refractivity contribution < 1.29 is 9.47 Å². The van der Waals surface area contributed by atoms with Gasteiger partial charge >= 0.3 is 0 Å². The largest absolute Gasteiger partial charge is 0.494 e. The number of benzene rings is 2. The van der Waals surface area contributed by atoms with Crippen LogP contribution < -0.4 is 25.4 Å². The summed E-state index contributed by atoms with van der Waals surface area (Å²) in [5, 5.41) is 10.6. The summed E-state index contributed by atoms with van der Waals surface area (Å²) in [6.45, 7) is 5.37. The van der Waals surface area contributed by atoms with Crippen LogP contribution in [0.4, 0.5) is 11.4 Å². The van der Waals surface area contributed by atoms with E-state index in [-0.39, 0.29) is 5.66 Å². The molecule has 0 aromatic heterocycles. The summed E-state index contributed by atoms with van der Waals surface area (Å²) < 4.78 is 11.5. The van der Waals surface area contributed by atoms with Gasteiger partial charge in [-0.15, -0.1) is 0 Å². The Balaban J connectivity index is 1.12. The third-order valence-electron chi connectivity index (χ3n) is 5.09. The highest BCUT2D eigenvalue weighted by molar-refractivity contribution is 5.82. The van der Waals surface area contributed by atoms with Crippen LogP contribution in [0.1, 0.15) is 31.7 Å². The van der Waals surface area contributed by atoms with Crippen LogP contribution in [0.3, 0.4) is 0 Å². The summed E-state index contributed by atoms with van der Waals surface area (Å²) in [7, 11) is 0. The predicted octanol–water partition coefficient (Wildman–Crippen LogP) is 4.01. The van der Waals surface area contributed by atoms with Gasteiger partial charge in [0.2, 0.25) is 0 Å². The zero-order valence-corrected chi connectivity index (χ0v) is 16.0. The van der Waals surface area contributed by atoms with Crippen molar-refractivity contribution in [2.45, 2.75) is 38.3 Å². The maximum absolute atomic E-state index is 6.01. The Morgan fingerprint density at radius 3 is 2.63 bits per heavy atom. The monoisotopic (exact) mass is 367 g/mol. The van der Waals surface area contributed by atoms with Crippen molar-refractivity contribution in [3.8, 4) is 11.5 Å². The topological polar surface area (TPSA) is 54.5 Å². The number of ether oxygens (including phenoxy) is 2. The number of fused-ring (bicyclic) bond motifs is 1. The number of nitrogens with one attached hydrogen (secondary N) is 3. The fraction of sp³-hybridized carbons (Fsp3) is 0.455. The Labute approximate surface area is 161 Å². The molecule has 0 radical (unpaired) electrons. The molecular weight excluding hydrogens is 338 g/mol. The second-order valence-electron chi connectivity index (χ2n) is 7.29. The van der Waals surface area contributed by atoms with Crippen molar-refractivity contribution >= 4 is 11.4 Å². The Morgan fingerprint density at radius 2 is 1.85 bits per heavy atom. The lowest BCUT2D eigenvalue weighted by Gasteiger charge is -2.12. The van der Waals surface area contributed by atoms with Gasteiger partial charge in [0.05, 0.1) is 18.9 Å². The summed E-state index contributed by atoms with van der Waals surface area (Å²) in [5.74, 6) is 1.90. The first-order valence-corrected chi connectivity index (χ1v) is 10.0. The lowest BCUT2D eigenvalue weighted by molar-refractivity contribution is 0.310. The van der Waals surface area contributed by atoms with E-state index in [1.54, 1.807) is 0 Å². The van der Waals surface area contributed by atoms with Gasteiger partial charge in [-0.1, -0.05) is 18.2 Å². The first-order valence-electron chi connectivity index (χ1n) is 10.0. The number of anilines is 2. The molecule has 0 atom stereocenters. The molecule has 1 spiro atoms. The van der Waals surface area contributed by atoms with Crippen LogP contribution >= 0.6 is 0 Å². The van der Waals surface area contributed by atoms with Gasteiger partial charge in [0.25, 0.3) is 0 Å². The Morgan fingerprint density at radius 1 is 1.00 bits per heavy atom. The minimum atomic E-state index is 0.115. The van der Waals surface area contributed by atoms with Gasteiger partial charge < -0.3 is 25.4 Å². The van der Waals surface area contributed by atoms with E-state index in [1.807, 2.05) is 25.1 Å². The van der Waals surface area contributed by atoms with Crippen LogP contribution in [0, 0.1) is 0 Å². The zero-order chi connectivity index (χ0) is 18.5. The van der Waals surface area contributed by atoms with Crippen molar-refractivity contribution in [2.75, 3.05) is 36.9 Å². The van der Waals surface area contributed by atoms with E-state index in [0.717, 1.165) is 49.7 Å². The number of hydrogen-bond acceptors (Lipinski definition) is 5. The fourth-order valence-electron chi connectivity index (χ4n) is 3.44. The van der Waals surface area contributed by atoms with E-state index in [0.29, 0.717) is 6.61 Å². The van der Waals surface area contributed by atoms with E-state index in [9.17, 15) is 0 Å². The SMILES string of the molecule is CCOc1ccc(CCNCCCOc2cccc3c2NC2(CC2)N3)cc1. The second kappa shape index (κ2) is 8.09. The highest BCUT2D eigenvalue weighted by Gasteiger charge is 2.47. The van der Waals surface area contributed by atoms with Gasteiger partial charge in [0, 0.05) is 0 Å². The van der Waals surface area contributed by atoms with Gasteiger partial charge in [-0.25, -0.2) is 0 Å². The highest BCUT2D eigenvalue weighted by atomic mass is 16.5. The summed E-state index contributed by atoms with van der Waals surface area (Å²) in [4.78, 5) is 0. The smallest absolute Gasteiger partial charge is 0.144 e. The maximum Gasteiger partial charge on any atom is 0.144 e. The maximum atomic E-state index is 6.01. The van der Waals surface area contributed by atoms with Gasteiger partial charge in [-0.3, -0.25) is 0 Å². The molecule has 2 aromatic carbocycles. The molecule has 27 heavy (non-hydrogen) atoms. The second-order valence-corrected chi connectivity index (χ2v) is 7.29. The lowest BCUT2D eigenvalue weighted by atomic mass is 10.1. The molecule has 144 valence electrons. The van der Waals surface area contributed by atoms with Gasteiger partial charge in [0.15, 0.2) is 0 Å². The third kappa shape index (κ3) is 4.48. The average molecular weight is 367 g/mol. The quantitative estimate of drug-likeness (QED) is 0.554. The molecule has 2 aromatic rings. The Bertz CT molecular complexity index is 757. The molecule has 1 aliphatic carbocycles. The summed E-state index contributed by atoms with van der Waals surface area (Å²) in [6.07, 6.45) is 4.38. The van der Waals surface area contributed by atoms with Crippen LogP contribution in [0.25, 0.3) is 0 Å². The summed E-state index contributed by atoms with van der Waals surface area (Å²) >= 11 is 0. The van der Waals surface area contributed by atoms with E-state index in [4.69, 9.17) is 9.47 Å². The molecule has 2 aliphatic rings. The van der Waals surface area contributed by atoms with Gasteiger partial charge in [0.1, 0.15) is 22.8 Å². The van der Waals surface area contributed by atoms with Crippen LogP contribution in [0.15, 0.2) is 42.5 Å². The molecule has 1 heterocycles. The standard InChI is InChI=1S/C22H29N3O2/c1-2-26-18-9-7-17(8-10-18)11-15-23-14-4-16-27-20-6-3-5-19-21(20)25-22(24-19)12-13-22/h3,5-10,23-25H,2,4,11-16H2,1H3. The Kier molecular flexibility index (Phi) is 5.39. The average Bonchev–Trinajstić information content (AvgIpc) is 3.32. The lowest BCUT2D eigenvalue weighted by Crippen LogP contribution is -2.23. The van der Waals surface area contributed by atoms with Gasteiger partial charge in [-0.05, 0) is 75.5 Å². The third-order valence-corrected chi connectivity index (χ3v) is 5.09. The van der Waals surface area contributed by atoms with E-state index < -0.39 is 0 Å². The minimum Gasteiger partial charge on any atom is -0.494 e. The van der Waals surface area contributed by atoms with Crippen molar-refractivity contribution in [1.29, 1.82) is 0 Å². The molecule has 3 N–H and O–H groups in total. The van der Waals surface area contributed by atoms with Crippen molar-refractivity contribution in [3.63, 3.8) is 0 Å². The molecule has 1 aliphatic heterocycles. The minimum absolute atomic E-state index is 0.115. The molecule has 0 amide bonds. The van der Waals surface area contributed by atoms with Crippen LogP contribution in [0.2, 0.25) is 0 Å². The summed E-state index contributed by atoms with van der Waals surface area (Å²) in [6, 6.07) is 14.6. The summed E-state index contributed by atoms with van der Waals surface area (Å²) in [5.41, 5.74) is 3.73. The number of hydrogen-bond donors (Lipinski definition) is 3. The molecule has 4 rings (SSSR count). The fourth-order valence-corrected chi connectivity index (χ4v) is 3.44. The highest BCUT2D eigenvalue weighted by Crippen LogP contribution is 2.50. The molecular formula is C22H29N3O2. The molecule has 0 saturated heterocycles. The van der Waals surface area contributed by atoms with Crippen molar-refractivity contribution in [1.82, 2.24) is 5.32 Å². The number of rotatable bonds is 10. The van der Waals surface area contributed by atoms with Crippen LogP contribution in [-0.4, -0.2) is 32.0 Å². The van der Waals surface area contributed by atoms with Crippen molar-refractivity contribution in [2.24, 2.45) is 0 Å². The van der Waals surface area contributed by atoms with Gasteiger partial charge in [-0.2, -0.15) is 0 Å². The van der Waals surface area contributed by atoms with Crippen LogP contribution in [0.5, 0.6) is 11.5 Å². The van der Waals surface area contributed by atoms with E-state index in [1.165, 1.54) is 24.1 Å². The Hall–Kier alpha value is -2.40. The first kappa shape index (κ1) is 18.0. The molecule has 5 nitrogen and oxygen atoms in total. The van der Waals surface area contributed by atoms with E-state index >= 15 is 0 Å². The molecule has 0 bridgehead atoms.